The molecule has 1 heterocycles. The normalized spacial score (nSPS) is 16.7. The second-order valence-corrected chi connectivity index (χ2v) is 11.4. The van der Waals surface area contributed by atoms with Crippen LogP contribution in [-0.2, 0) is 43.1 Å². The van der Waals surface area contributed by atoms with Crippen LogP contribution in [0.3, 0.4) is 0 Å². The molecule has 0 saturated carbocycles. The summed E-state index contributed by atoms with van der Waals surface area (Å²) in [6.07, 6.45) is -0.580. The Kier molecular flexibility index (Phi) is 9.70. The smallest absolute Gasteiger partial charge is 0.480 e. The topological polar surface area (TPSA) is 123 Å². The van der Waals surface area contributed by atoms with Crippen LogP contribution in [0.15, 0.2) is 84.9 Å². The predicted molar refractivity (Wildman–Crippen MR) is 159 cm³/mol. The molecular formula is C32H37BN2O7. The predicted octanol–water partition coefficient (Wildman–Crippen LogP) is 3.64. The third kappa shape index (κ3) is 7.99. The van der Waals surface area contributed by atoms with Crippen molar-refractivity contribution in [1.82, 2.24) is 10.6 Å². The molecule has 0 aromatic heterocycles. The SMILES string of the molecule is CC1(C)OB(c2ccc(C[C@H](NC(=O)[C@@H](Cc3ccccc3)NC(=O)OCc3ccccc3)C(=O)O)cc2)OC1(C)C. The molecular weight excluding hydrogens is 535 g/mol. The zero-order valence-corrected chi connectivity index (χ0v) is 24.3. The zero-order chi connectivity index (χ0) is 30.3. The largest absolute Gasteiger partial charge is 0.494 e. The maximum Gasteiger partial charge on any atom is 0.494 e. The van der Waals surface area contributed by atoms with Gasteiger partial charge < -0.3 is 29.8 Å². The van der Waals surface area contributed by atoms with Crippen molar-refractivity contribution >= 4 is 30.6 Å². The van der Waals surface area contributed by atoms with Gasteiger partial charge in [0, 0.05) is 12.8 Å². The second-order valence-electron chi connectivity index (χ2n) is 11.4. The minimum absolute atomic E-state index is 0.0338. The molecule has 1 fully saturated rings. The summed E-state index contributed by atoms with van der Waals surface area (Å²) >= 11 is 0. The van der Waals surface area contributed by atoms with Crippen molar-refractivity contribution in [3.63, 3.8) is 0 Å². The van der Waals surface area contributed by atoms with Crippen molar-refractivity contribution < 1.29 is 33.5 Å². The van der Waals surface area contributed by atoms with Gasteiger partial charge in [-0.3, -0.25) is 4.79 Å². The molecule has 0 spiro atoms. The third-order valence-electron chi connectivity index (χ3n) is 7.66. The first-order valence-electron chi connectivity index (χ1n) is 13.9. The molecule has 42 heavy (non-hydrogen) atoms. The minimum atomic E-state index is -1.22. The average molecular weight is 572 g/mol. The summed E-state index contributed by atoms with van der Waals surface area (Å²) in [5, 5.41) is 15.1. The molecule has 1 aliphatic heterocycles. The highest BCUT2D eigenvalue weighted by atomic mass is 16.7. The van der Waals surface area contributed by atoms with Gasteiger partial charge in [-0.25, -0.2) is 9.59 Å². The number of carboxylic acid groups (broad SMARTS) is 1. The van der Waals surface area contributed by atoms with Gasteiger partial charge in [-0.2, -0.15) is 0 Å². The first-order valence-corrected chi connectivity index (χ1v) is 13.9. The number of hydrogen-bond acceptors (Lipinski definition) is 6. The fourth-order valence-electron chi connectivity index (χ4n) is 4.46. The first kappa shape index (κ1) is 30.8. The van der Waals surface area contributed by atoms with Crippen LogP contribution < -0.4 is 16.1 Å². The van der Waals surface area contributed by atoms with Crippen molar-refractivity contribution in [3.05, 3.63) is 102 Å². The van der Waals surface area contributed by atoms with E-state index < -0.39 is 48.4 Å². The maximum atomic E-state index is 13.3. The molecule has 0 radical (unpaired) electrons. The second kappa shape index (κ2) is 13.2. The Morgan fingerprint density at radius 3 is 1.79 bits per heavy atom. The highest BCUT2D eigenvalue weighted by molar-refractivity contribution is 6.62. The van der Waals surface area contributed by atoms with Crippen molar-refractivity contribution in [2.45, 2.75) is 70.4 Å². The molecule has 3 aromatic rings. The summed E-state index contributed by atoms with van der Waals surface area (Å²) in [7, 11) is -0.537. The van der Waals surface area contributed by atoms with Crippen LogP contribution in [-0.4, -0.2) is 53.5 Å². The van der Waals surface area contributed by atoms with E-state index in [1.807, 2.05) is 100 Å². The molecule has 220 valence electrons. The Morgan fingerprint density at radius 2 is 1.24 bits per heavy atom. The molecule has 9 nitrogen and oxygen atoms in total. The summed E-state index contributed by atoms with van der Waals surface area (Å²) in [6, 6.07) is 23.3. The standard InChI is InChI=1S/C32H37BN2O7/c1-31(2)32(3,4)42-33(41-31)25-17-15-23(16-18-25)20-27(29(37)38)34-28(36)26(19-22-11-7-5-8-12-22)35-30(39)40-21-24-13-9-6-10-14-24/h5-18,26-27H,19-21H2,1-4H3,(H,34,36)(H,35,39)(H,37,38)/t26-,27+/m1/s1. The molecule has 0 aliphatic carbocycles. The van der Waals surface area contributed by atoms with E-state index in [1.54, 1.807) is 12.1 Å². The lowest BCUT2D eigenvalue weighted by Crippen LogP contribution is -2.53. The van der Waals surface area contributed by atoms with Gasteiger partial charge in [0.15, 0.2) is 0 Å². The van der Waals surface area contributed by atoms with Crippen molar-refractivity contribution in [2.75, 3.05) is 0 Å². The number of hydrogen-bond donors (Lipinski definition) is 3. The number of rotatable bonds is 11. The van der Waals surface area contributed by atoms with Crippen molar-refractivity contribution in [3.8, 4) is 0 Å². The van der Waals surface area contributed by atoms with E-state index in [9.17, 15) is 19.5 Å². The number of benzene rings is 3. The van der Waals surface area contributed by atoms with E-state index in [1.165, 1.54) is 0 Å². The lowest BCUT2D eigenvalue weighted by Gasteiger charge is -2.32. The molecule has 2 atom stereocenters. The van der Waals surface area contributed by atoms with Crippen LogP contribution in [0.2, 0.25) is 0 Å². The van der Waals surface area contributed by atoms with Gasteiger partial charge in [-0.05, 0) is 49.8 Å². The van der Waals surface area contributed by atoms with Crippen LogP contribution in [0.1, 0.15) is 44.4 Å². The zero-order valence-electron chi connectivity index (χ0n) is 24.3. The Balaban J connectivity index is 1.41. The van der Waals surface area contributed by atoms with Gasteiger partial charge >= 0.3 is 19.2 Å². The average Bonchev–Trinajstić information content (AvgIpc) is 3.18. The molecule has 1 aliphatic rings. The van der Waals surface area contributed by atoms with E-state index in [2.05, 4.69) is 10.6 Å². The Bertz CT molecular complexity index is 1350. The summed E-state index contributed by atoms with van der Waals surface area (Å²) in [6.45, 7) is 7.94. The van der Waals surface area contributed by atoms with Gasteiger partial charge in [0.2, 0.25) is 5.91 Å². The van der Waals surface area contributed by atoms with Gasteiger partial charge in [0.25, 0.3) is 0 Å². The van der Waals surface area contributed by atoms with Gasteiger partial charge in [0.1, 0.15) is 18.7 Å². The fourth-order valence-corrected chi connectivity index (χ4v) is 4.46. The van der Waals surface area contributed by atoms with Gasteiger partial charge in [0.05, 0.1) is 11.2 Å². The number of amides is 2. The van der Waals surface area contributed by atoms with E-state index in [0.717, 1.165) is 16.6 Å². The quantitative estimate of drug-likeness (QED) is 0.300. The van der Waals surface area contributed by atoms with Crippen molar-refractivity contribution in [2.24, 2.45) is 0 Å². The highest BCUT2D eigenvalue weighted by Crippen LogP contribution is 2.36. The number of carboxylic acids is 1. The van der Waals surface area contributed by atoms with Crippen LogP contribution in [0, 0.1) is 0 Å². The Hall–Kier alpha value is -4.15. The molecule has 0 bridgehead atoms. The summed E-state index contributed by atoms with van der Waals surface area (Å²) in [5.41, 5.74) is 2.16. The van der Waals surface area contributed by atoms with Crippen LogP contribution in [0.25, 0.3) is 0 Å². The van der Waals surface area contributed by atoms with E-state index in [4.69, 9.17) is 14.0 Å². The van der Waals surface area contributed by atoms with Crippen LogP contribution >= 0.6 is 0 Å². The van der Waals surface area contributed by atoms with E-state index in [0.29, 0.717) is 5.56 Å². The first-order chi connectivity index (χ1) is 19.9. The molecule has 0 unspecified atom stereocenters. The molecule has 10 heteroatoms. The molecule has 2 amide bonds. The summed E-state index contributed by atoms with van der Waals surface area (Å²) in [4.78, 5) is 38.1. The highest BCUT2D eigenvalue weighted by Gasteiger charge is 2.51. The number of nitrogens with one attached hydrogen (secondary N) is 2. The van der Waals surface area contributed by atoms with Crippen molar-refractivity contribution in [1.29, 1.82) is 0 Å². The Labute approximate surface area is 246 Å². The fraction of sp³-hybridized carbons (Fsp3) is 0.344. The van der Waals surface area contributed by atoms with E-state index in [-0.39, 0.29) is 19.4 Å². The van der Waals surface area contributed by atoms with Gasteiger partial charge in [-0.1, -0.05) is 84.9 Å². The monoisotopic (exact) mass is 572 g/mol. The van der Waals surface area contributed by atoms with Crippen LogP contribution in [0.4, 0.5) is 4.79 Å². The third-order valence-corrected chi connectivity index (χ3v) is 7.66. The van der Waals surface area contributed by atoms with Crippen LogP contribution in [0.5, 0.6) is 0 Å². The summed E-state index contributed by atoms with van der Waals surface area (Å²) < 4.78 is 17.5. The Morgan fingerprint density at radius 1 is 0.738 bits per heavy atom. The number of aliphatic carboxylic acids is 1. The number of ether oxygens (including phenoxy) is 1. The lowest BCUT2D eigenvalue weighted by molar-refractivity contribution is -0.142. The number of alkyl carbamates (subject to hydrolysis) is 1. The summed E-state index contributed by atoms with van der Waals surface area (Å²) in [5.74, 6) is -1.82. The molecule has 4 rings (SSSR count). The lowest BCUT2D eigenvalue weighted by atomic mass is 9.78. The minimum Gasteiger partial charge on any atom is -0.480 e. The number of carbonyl (C=O) groups is 3. The number of carbonyl (C=O) groups excluding carboxylic acids is 2. The van der Waals surface area contributed by atoms with E-state index >= 15 is 0 Å². The maximum absolute atomic E-state index is 13.3. The molecule has 1 saturated heterocycles. The molecule has 3 aromatic carbocycles. The molecule has 3 N–H and O–H groups in total. The van der Waals surface area contributed by atoms with Gasteiger partial charge in [-0.15, -0.1) is 0 Å².